The Kier molecular flexibility index (Phi) is 4.95. The molecule has 2 aromatic carbocycles. The Morgan fingerprint density at radius 2 is 1.67 bits per heavy atom. The van der Waals surface area contributed by atoms with Crippen LogP contribution in [0.1, 0.15) is 15.9 Å². The SMILES string of the molecule is O=C(CN1C(=O)c2ccccc2S1(=O)=O)NC(Cc1ccccc1)C(=O)O. The van der Waals surface area contributed by atoms with E-state index in [9.17, 15) is 27.9 Å². The minimum atomic E-state index is -4.13. The maximum absolute atomic E-state index is 12.4. The lowest BCUT2D eigenvalue weighted by molar-refractivity contribution is -0.141. The highest BCUT2D eigenvalue weighted by atomic mass is 32.2. The zero-order valence-electron chi connectivity index (χ0n) is 14.0. The highest BCUT2D eigenvalue weighted by Gasteiger charge is 2.42. The van der Waals surface area contributed by atoms with Crippen LogP contribution >= 0.6 is 0 Å². The Labute approximate surface area is 155 Å². The standard InChI is InChI=1S/C18H16N2O6S/c21-16(19-14(18(23)24)10-12-6-2-1-3-7-12)11-20-17(22)13-8-4-5-9-15(13)27(20,25)26/h1-9,14H,10-11H2,(H,19,21)(H,23,24). The van der Waals surface area contributed by atoms with Crippen molar-refractivity contribution in [3.63, 3.8) is 0 Å². The smallest absolute Gasteiger partial charge is 0.326 e. The summed E-state index contributed by atoms with van der Waals surface area (Å²) in [7, 11) is -4.13. The summed E-state index contributed by atoms with van der Waals surface area (Å²) < 4.78 is 25.4. The number of aliphatic carboxylic acids is 1. The van der Waals surface area contributed by atoms with Gasteiger partial charge < -0.3 is 10.4 Å². The number of amides is 2. The summed E-state index contributed by atoms with van der Waals surface area (Å²) in [5.41, 5.74) is 0.687. The van der Waals surface area contributed by atoms with Crippen LogP contribution in [0.5, 0.6) is 0 Å². The maximum Gasteiger partial charge on any atom is 0.326 e. The van der Waals surface area contributed by atoms with Crippen molar-refractivity contribution in [3.8, 4) is 0 Å². The van der Waals surface area contributed by atoms with E-state index in [1.165, 1.54) is 24.3 Å². The van der Waals surface area contributed by atoms with Crippen molar-refractivity contribution in [2.75, 3.05) is 6.54 Å². The van der Waals surface area contributed by atoms with Crippen LogP contribution in [0, 0.1) is 0 Å². The van der Waals surface area contributed by atoms with Gasteiger partial charge in [0.2, 0.25) is 5.91 Å². The first kappa shape index (κ1) is 18.6. The van der Waals surface area contributed by atoms with Gasteiger partial charge in [-0.1, -0.05) is 42.5 Å². The van der Waals surface area contributed by atoms with E-state index in [0.717, 1.165) is 0 Å². The van der Waals surface area contributed by atoms with Gasteiger partial charge in [0.1, 0.15) is 17.5 Å². The Balaban J connectivity index is 1.73. The van der Waals surface area contributed by atoms with E-state index in [-0.39, 0.29) is 16.9 Å². The summed E-state index contributed by atoms with van der Waals surface area (Å²) in [5.74, 6) is -2.94. The lowest BCUT2D eigenvalue weighted by atomic mass is 10.1. The van der Waals surface area contributed by atoms with Crippen LogP contribution in [-0.2, 0) is 26.0 Å². The Bertz CT molecular complexity index is 1000. The molecule has 0 bridgehead atoms. The quantitative estimate of drug-likeness (QED) is 0.749. The van der Waals surface area contributed by atoms with Gasteiger partial charge >= 0.3 is 5.97 Å². The van der Waals surface area contributed by atoms with Gasteiger partial charge in [0.05, 0.1) is 5.56 Å². The molecule has 1 unspecified atom stereocenters. The van der Waals surface area contributed by atoms with Crippen molar-refractivity contribution >= 4 is 27.8 Å². The molecule has 27 heavy (non-hydrogen) atoms. The zero-order valence-corrected chi connectivity index (χ0v) is 14.8. The summed E-state index contributed by atoms with van der Waals surface area (Å²) in [6.07, 6.45) is 0.0306. The highest BCUT2D eigenvalue weighted by molar-refractivity contribution is 7.90. The van der Waals surface area contributed by atoms with Gasteiger partial charge in [-0.25, -0.2) is 17.5 Å². The molecular formula is C18H16N2O6S. The van der Waals surface area contributed by atoms with Gasteiger partial charge in [-0.05, 0) is 17.7 Å². The van der Waals surface area contributed by atoms with Crippen LogP contribution in [0.15, 0.2) is 59.5 Å². The van der Waals surface area contributed by atoms with Crippen molar-refractivity contribution in [2.24, 2.45) is 0 Å². The van der Waals surface area contributed by atoms with Crippen LogP contribution in [0.25, 0.3) is 0 Å². The molecule has 3 rings (SSSR count). The van der Waals surface area contributed by atoms with Gasteiger partial charge in [-0.3, -0.25) is 9.59 Å². The van der Waals surface area contributed by atoms with Crippen LogP contribution in [0.4, 0.5) is 0 Å². The van der Waals surface area contributed by atoms with Gasteiger partial charge in [0, 0.05) is 6.42 Å². The largest absolute Gasteiger partial charge is 0.480 e. The third-order valence-electron chi connectivity index (χ3n) is 4.12. The average Bonchev–Trinajstić information content (AvgIpc) is 2.83. The maximum atomic E-state index is 12.4. The first-order valence-corrected chi connectivity index (χ1v) is 9.47. The second-order valence-electron chi connectivity index (χ2n) is 5.96. The van der Waals surface area contributed by atoms with Crippen LogP contribution in [-0.4, -0.2) is 48.2 Å². The summed E-state index contributed by atoms with van der Waals surface area (Å²) in [6.45, 7) is -0.783. The fourth-order valence-electron chi connectivity index (χ4n) is 2.81. The van der Waals surface area contributed by atoms with E-state index in [4.69, 9.17) is 0 Å². The molecule has 1 aliphatic rings. The number of hydrogen-bond acceptors (Lipinski definition) is 5. The second-order valence-corrected chi connectivity index (χ2v) is 7.79. The number of nitrogens with one attached hydrogen (secondary N) is 1. The molecule has 1 aliphatic heterocycles. The number of rotatable bonds is 6. The highest BCUT2D eigenvalue weighted by Crippen LogP contribution is 2.29. The van der Waals surface area contributed by atoms with Crippen LogP contribution < -0.4 is 5.32 Å². The third kappa shape index (κ3) is 3.68. The molecule has 2 aromatic rings. The fraction of sp³-hybridized carbons (Fsp3) is 0.167. The number of hydrogen-bond donors (Lipinski definition) is 2. The Morgan fingerprint density at radius 3 is 2.30 bits per heavy atom. The van der Waals surface area contributed by atoms with Gasteiger partial charge in [-0.15, -0.1) is 0 Å². The van der Waals surface area contributed by atoms with E-state index >= 15 is 0 Å². The predicted octanol–water partition coefficient (Wildman–Crippen LogP) is 0.643. The lowest BCUT2D eigenvalue weighted by Gasteiger charge is -2.18. The fourth-order valence-corrected chi connectivity index (χ4v) is 4.33. The van der Waals surface area contributed by atoms with Crippen LogP contribution in [0.3, 0.4) is 0 Å². The first-order chi connectivity index (χ1) is 12.8. The molecule has 0 aromatic heterocycles. The number of carboxylic acids is 1. The molecule has 0 saturated heterocycles. The van der Waals surface area contributed by atoms with Crippen molar-refractivity contribution < 1.29 is 27.9 Å². The Morgan fingerprint density at radius 1 is 1.04 bits per heavy atom. The van der Waals surface area contributed by atoms with E-state index in [0.29, 0.717) is 9.87 Å². The molecule has 2 N–H and O–H groups in total. The van der Waals surface area contributed by atoms with Crippen molar-refractivity contribution in [2.45, 2.75) is 17.4 Å². The van der Waals surface area contributed by atoms with E-state index < -0.39 is 40.4 Å². The normalized spacial score (nSPS) is 15.9. The minimum Gasteiger partial charge on any atom is -0.480 e. The number of carboxylic acid groups (broad SMARTS) is 1. The molecule has 9 heteroatoms. The molecular weight excluding hydrogens is 372 g/mol. The molecule has 0 saturated carbocycles. The van der Waals surface area contributed by atoms with Crippen LogP contribution in [0.2, 0.25) is 0 Å². The molecule has 0 spiro atoms. The molecule has 2 amide bonds. The number of carbonyl (C=O) groups is 3. The van der Waals surface area contributed by atoms with Gasteiger partial charge in [-0.2, -0.15) is 0 Å². The number of nitrogens with zero attached hydrogens (tertiary/aromatic N) is 1. The third-order valence-corrected chi connectivity index (χ3v) is 5.90. The monoisotopic (exact) mass is 388 g/mol. The van der Waals surface area contributed by atoms with E-state index in [1.807, 2.05) is 0 Å². The average molecular weight is 388 g/mol. The van der Waals surface area contributed by atoms with Crippen molar-refractivity contribution in [1.82, 2.24) is 9.62 Å². The summed E-state index contributed by atoms with van der Waals surface area (Å²) >= 11 is 0. The molecule has 1 heterocycles. The summed E-state index contributed by atoms with van der Waals surface area (Å²) in [5, 5.41) is 11.6. The van der Waals surface area contributed by atoms with E-state index in [2.05, 4.69) is 5.32 Å². The molecule has 8 nitrogen and oxygen atoms in total. The number of fused-ring (bicyclic) bond motifs is 1. The topological polar surface area (TPSA) is 121 Å². The molecule has 0 radical (unpaired) electrons. The van der Waals surface area contributed by atoms with E-state index in [1.54, 1.807) is 30.3 Å². The molecule has 140 valence electrons. The number of carbonyl (C=O) groups excluding carboxylic acids is 2. The molecule has 1 atom stereocenters. The lowest BCUT2D eigenvalue weighted by Crippen LogP contribution is -2.47. The summed E-state index contributed by atoms with van der Waals surface area (Å²) in [4.78, 5) is 35.8. The second kappa shape index (κ2) is 7.20. The molecule has 0 fully saturated rings. The van der Waals surface area contributed by atoms with Gasteiger partial charge in [0.15, 0.2) is 0 Å². The van der Waals surface area contributed by atoms with Gasteiger partial charge in [0.25, 0.3) is 15.9 Å². The first-order valence-electron chi connectivity index (χ1n) is 8.03. The number of sulfonamides is 1. The van der Waals surface area contributed by atoms with Crippen molar-refractivity contribution in [3.05, 3.63) is 65.7 Å². The zero-order chi connectivity index (χ0) is 19.6. The number of benzene rings is 2. The molecule has 0 aliphatic carbocycles. The minimum absolute atomic E-state index is 0.00984. The summed E-state index contributed by atoms with van der Waals surface area (Å²) in [6, 6.07) is 13.1. The predicted molar refractivity (Wildman–Crippen MR) is 94.4 cm³/mol. The van der Waals surface area contributed by atoms with Crippen molar-refractivity contribution in [1.29, 1.82) is 0 Å². The Hall–Kier alpha value is -3.20.